The molecule has 7 heteroatoms. The minimum atomic E-state index is -0.0432. The van der Waals surface area contributed by atoms with Gasteiger partial charge in [0, 0.05) is 17.0 Å². The predicted molar refractivity (Wildman–Crippen MR) is 120 cm³/mol. The van der Waals surface area contributed by atoms with Gasteiger partial charge in [0.05, 0.1) is 12.2 Å². The van der Waals surface area contributed by atoms with Gasteiger partial charge in [-0.3, -0.25) is 4.79 Å². The van der Waals surface area contributed by atoms with Crippen molar-refractivity contribution in [3.63, 3.8) is 0 Å². The molecule has 162 valence electrons. The molecule has 1 aliphatic heterocycles. The number of nitrogens with zero attached hydrogens (tertiary/aromatic N) is 2. The Balaban J connectivity index is 1.46. The maximum Gasteiger partial charge on any atom is 0.254 e. The first kappa shape index (κ1) is 21.2. The number of aryl methyl sites for hydroxylation is 1. The molecule has 0 N–H and O–H groups in total. The molecule has 2 aromatic carbocycles. The van der Waals surface area contributed by atoms with Crippen molar-refractivity contribution in [1.82, 2.24) is 9.88 Å². The normalized spacial score (nSPS) is 13.1. The monoisotopic (exact) mass is 438 g/mol. The summed E-state index contributed by atoms with van der Waals surface area (Å²) in [4.78, 5) is 19.8. The number of hydrogen-bond acceptors (Lipinski definition) is 6. The highest BCUT2D eigenvalue weighted by molar-refractivity contribution is 7.09. The number of carbonyl (C=O) groups excluding carboxylic acids is 1. The molecule has 2 heterocycles. The fourth-order valence-corrected chi connectivity index (χ4v) is 4.06. The SMILES string of the molecule is CC[C@H](C)N(Cc1csc(COc2ccccc2C)n1)C(=O)c1ccc2c(c1)OCO2. The van der Waals surface area contributed by atoms with Crippen LogP contribution in [0.15, 0.2) is 47.8 Å². The van der Waals surface area contributed by atoms with E-state index in [-0.39, 0.29) is 18.7 Å². The van der Waals surface area contributed by atoms with E-state index < -0.39 is 0 Å². The summed E-state index contributed by atoms with van der Waals surface area (Å²) in [5.41, 5.74) is 2.54. The molecule has 0 fully saturated rings. The van der Waals surface area contributed by atoms with Crippen molar-refractivity contribution in [3.8, 4) is 17.2 Å². The van der Waals surface area contributed by atoms with Gasteiger partial charge in [0.15, 0.2) is 11.5 Å². The van der Waals surface area contributed by atoms with Gasteiger partial charge in [-0.15, -0.1) is 11.3 Å². The molecule has 1 amide bonds. The van der Waals surface area contributed by atoms with Crippen molar-refractivity contribution in [2.45, 2.75) is 46.4 Å². The van der Waals surface area contributed by atoms with Gasteiger partial charge in [-0.25, -0.2) is 4.98 Å². The van der Waals surface area contributed by atoms with E-state index >= 15 is 0 Å². The maximum absolute atomic E-state index is 13.3. The maximum atomic E-state index is 13.3. The van der Waals surface area contributed by atoms with Crippen LogP contribution in [-0.4, -0.2) is 28.6 Å². The van der Waals surface area contributed by atoms with E-state index in [0.29, 0.717) is 30.2 Å². The van der Waals surface area contributed by atoms with Crippen LogP contribution in [0, 0.1) is 6.92 Å². The Hall–Kier alpha value is -3.06. The van der Waals surface area contributed by atoms with Crippen LogP contribution in [0.25, 0.3) is 0 Å². The molecule has 1 aliphatic rings. The van der Waals surface area contributed by atoms with E-state index in [1.165, 1.54) is 0 Å². The molecule has 0 radical (unpaired) electrons. The highest BCUT2D eigenvalue weighted by atomic mass is 32.1. The van der Waals surface area contributed by atoms with E-state index in [9.17, 15) is 4.79 Å². The molecule has 1 aromatic heterocycles. The van der Waals surface area contributed by atoms with Crippen molar-refractivity contribution in [3.05, 3.63) is 69.7 Å². The first-order valence-electron chi connectivity index (χ1n) is 10.4. The van der Waals surface area contributed by atoms with Gasteiger partial charge in [-0.2, -0.15) is 0 Å². The predicted octanol–water partition coefficient (Wildman–Crippen LogP) is 5.20. The molecule has 0 saturated carbocycles. The molecular weight excluding hydrogens is 412 g/mol. The number of carbonyl (C=O) groups is 1. The van der Waals surface area contributed by atoms with Crippen LogP contribution >= 0.6 is 11.3 Å². The second-order valence-electron chi connectivity index (χ2n) is 7.55. The molecule has 4 rings (SSSR count). The minimum absolute atomic E-state index is 0.0432. The number of hydrogen-bond donors (Lipinski definition) is 0. The zero-order valence-corrected chi connectivity index (χ0v) is 18.8. The Morgan fingerprint density at radius 2 is 2.03 bits per heavy atom. The lowest BCUT2D eigenvalue weighted by Gasteiger charge is -2.28. The summed E-state index contributed by atoms with van der Waals surface area (Å²) < 4.78 is 16.7. The lowest BCUT2D eigenvalue weighted by Crippen LogP contribution is -2.37. The smallest absolute Gasteiger partial charge is 0.254 e. The second kappa shape index (κ2) is 9.39. The number of para-hydroxylation sites is 1. The van der Waals surface area contributed by atoms with Crippen LogP contribution in [-0.2, 0) is 13.2 Å². The van der Waals surface area contributed by atoms with Gasteiger partial charge in [0.25, 0.3) is 5.91 Å². The Morgan fingerprint density at radius 3 is 2.84 bits per heavy atom. The summed E-state index contributed by atoms with van der Waals surface area (Å²) in [5, 5.41) is 2.89. The lowest BCUT2D eigenvalue weighted by molar-refractivity contribution is 0.0668. The first-order valence-corrected chi connectivity index (χ1v) is 11.3. The highest BCUT2D eigenvalue weighted by Crippen LogP contribution is 2.33. The van der Waals surface area contributed by atoms with Crippen molar-refractivity contribution < 1.29 is 19.0 Å². The Morgan fingerprint density at radius 1 is 1.23 bits per heavy atom. The molecule has 0 aliphatic carbocycles. The van der Waals surface area contributed by atoms with E-state index in [4.69, 9.17) is 19.2 Å². The zero-order chi connectivity index (χ0) is 21.8. The van der Waals surface area contributed by atoms with Gasteiger partial charge in [-0.1, -0.05) is 25.1 Å². The molecule has 0 unspecified atom stereocenters. The van der Waals surface area contributed by atoms with E-state index in [0.717, 1.165) is 28.4 Å². The molecule has 0 spiro atoms. The third kappa shape index (κ3) is 4.82. The number of benzene rings is 2. The van der Waals surface area contributed by atoms with E-state index in [1.54, 1.807) is 29.5 Å². The second-order valence-corrected chi connectivity index (χ2v) is 8.49. The molecule has 1 atom stereocenters. The zero-order valence-electron chi connectivity index (χ0n) is 18.0. The van der Waals surface area contributed by atoms with Crippen molar-refractivity contribution >= 4 is 17.2 Å². The first-order chi connectivity index (χ1) is 15.0. The van der Waals surface area contributed by atoms with Gasteiger partial charge < -0.3 is 19.1 Å². The highest BCUT2D eigenvalue weighted by Gasteiger charge is 2.24. The van der Waals surface area contributed by atoms with Crippen molar-refractivity contribution in [2.75, 3.05) is 6.79 Å². The molecule has 6 nitrogen and oxygen atoms in total. The summed E-state index contributed by atoms with van der Waals surface area (Å²) in [6.07, 6.45) is 0.851. The molecular formula is C24H26N2O4S. The van der Waals surface area contributed by atoms with Crippen molar-refractivity contribution in [1.29, 1.82) is 0 Å². The number of fused-ring (bicyclic) bond motifs is 1. The summed E-state index contributed by atoms with van der Waals surface area (Å²) in [6, 6.07) is 13.3. The van der Waals surface area contributed by atoms with Crippen LogP contribution in [0.5, 0.6) is 17.2 Å². The number of rotatable bonds is 8. The third-order valence-electron chi connectivity index (χ3n) is 5.38. The van der Waals surface area contributed by atoms with Gasteiger partial charge >= 0.3 is 0 Å². The molecule has 0 saturated heterocycles. The van der Waals surface area contributed by atoms with Gasteiger partial charge in [0.1, 0.15) is 17.4 Å². The topological polar surface area (TPSA) is 60.9 Å². The Labute approximate surface area is 186 Å². The number of aromatic nitrogens is 1. The average Bonchev–Trinajstić information content (AvgIpc) is 3.44. The summed E-state index contributed by atoms with van der Waals surface area (Å²) in [5.74, 6) is 2.10. The standard InChI is InChI=1S/C24H26N2O4S/c1-4-17(3)26(24(27)18-9-10-21-22(11-18)30-15-29-21)12-19-14-31-23(25-19)13-28-20-8-6-5-7-16(20)2/h5-11,14,17H,4,12-13,15H2,1-3H3/t17-/m0/s1. The van der Waals surface area contributed by atoms with E-state index in [2.05, 4.69) is 13.8 Å². The number of amides is 1. The van der Waals surface area contributed by atoms with Crippen molar-refractivity contribution in [2.24, 2.45) is 0 Å². The van der Waals surface area contributed by atoms with Gasteiger partial charge in [-0.05, 0) is 50.1 Å². The minimum Gasteiger partial charge on any atom is -0.486 e. The fourth-order valence-electron chi connectivity index (χ4n) is 3.36. The molecule has 3 aromatic rings. The molecule has 31 heavy (non-hydrogen) atoms. The van der Waals surface area contributed by atoms with Crippen LogP contribution in [0.1, 0.15) is 46.9 Å². The third-order valence-corrected chi connectivity index (χ3v) is 6.25. The number of thiazole rings is 1. The lowest BCUT2D eigenvalue weighted by atomic mass is 10.1. The van der Waals surface area contributed by atoms with Crippen LogP contribution < -0.4 is 14.2 Å². The number of ether oxygens (including phenoxy) is 3. The van der Waals surface area contributed by atoms with Crippen LogP contribution in [0.2, 0.25) is 0 Å². The van der Waals surface area contributed by atoms with E-state index in [1.807, 2.05) is 41.5 Å². The average molecular weight is 439 g/mol. The van der Waals surface area contributed by atoms with Crippen LogP contribution in [0.4, 0.5) is 0 Å². The van der Waals surface area contributed by atoms with Gasteiger partial charge in [0.2, 0.25) is 6.79 Å². The quantitative estimate of drug-likeness (QED) is 0.484. The Kier molecular flexibility index (Phi) is 6.42. The largest absolute Gasteiger partial charge is 0.486 e. The summed E-state index contributed by atoms with van der Waals surface area (Å²) >= 11 is 1.55. The summed E-state index contributed by atoms with van der Waals surface area (Å²) in [7, 11) is 0. The Bertz CT molecular complexity index is 1070. The fraction of sp³-hybridized carbons (Fsp3) is 0.333. The van der Waals surface area contributed by atoms with Crippen LogP contribution in [0.3, 0.4) is 0 Å². The molecule has 0 bridgehead atoms. The summed E-state index contributed by atoms with van der Waals surface area (Å²) in [6.45, 7) is 7.20.